The fourth-order valence-electron chi connectivity index (χ4n) is 4.71. The Morgan fingerprint density at radius 1 is 1.22 bits per heavy atom. The molecule has 0 atom stereocenters. The Hall–Kier alpha value is -3.69. The van der Waals surface area contributed by atoms with Crippen LogP contribution < -0.4 is 15.6 Å². The largest absolute Gasteiger partial charge is 0.497 e. The van der Waals surface area contributed by atoms with Crippen LogP contribution in [-0.2, 0) is 26.1 Å². The van der Waals surface area contributed by atoms with Crippen molar-refractivity contribution in [1.82, 2.24) is 19.1 Å². The van der Waals surface area contributed by atoms with Gasteiger partial charge in [0.05, 0.1) is 29.6 Å². The number of methoxy groups -OCH3 is 1. The van der Waals surface area contributed by atoms with E-state index in [1.165, 1.54) is 22.8 Å². The third kappa shape index (κ3) is 4.36. The maximum Gasteiger partial charge on any atom is 0.279 e. The highest BCUT2D eigenvalue weighted by Gasteiger charge is 2.27. The number of amides is 1. The number of carbonyl (C=O) groups excluding carboxylic acids is 1. The van der Waals surface area contributed by atoms with E-state index in [2.05, 4.69) is 15.3 Å². The Morgan fingerprint density at radius 2 is 2.00 bits per heavy atom. The topological polar surface area (TPSA) is 80.9 Å². The monoisotopic (exact) mass is 509 g/mol. The molecule has 0 radical (unpaired) electrons. The molecule has 0 bridgehead atoms. The van der Waals surface area contributed by atoms with Crippen molar-refractivity contribution in [3.05, 3.63) is 92.2 Å². The van der Waals surface area contributed by atoms with Crippen LogP contribution in [0.4, 0.5) is 10.1 Å². The molecule has 5 rings (SSSR count). The van der Waals surface area contributed by atoms with Crippen molar-refractivity contribution in [2.75, 3.05) is 19.0 Å². The third-order valence-corrected chi connectivity index (χ3v) is 6.79. The summed E-state index contributed by atoms with van der Waals surface area (Å²) >= 11 is 6.08. The van der Waals surface area contributed by atoms with E-state index in [9.17, 15) is 14.0 Å². The first kappa shape index (κ1) is 24.0. The lowest BCUT2D eigenvalue weighted by atomic mass is 10.0. The zero-order valence-corrected chi connectivity index (χ0v) is 20.7. The fourth-order valence-corrected chi connectivity index (χ4v) is 4.92. The van der Waals surface area contributed by atoms with Crippen molar-refractivity contribution >= 4 is 28.8 Å². The second-order valence-electron chi connectivity index (χ2n) is 8.66. The molecule has 0 spiro atoms. The van der Waals surface area contributed by atoms with Gasteiger partial charge in [-0.2, -0.15) is 9.61 Å². The van der Waals surface area contributed by atoms with Crippen LogP contribution in [-0.4, -0.2) is 38.6 Å². The number of nitrogens with zero attached hydrogens (tertiary/aromatic N) is 4. The number of hydrogen-bond acceptors (Lipinski definition) is 5. The molecule has 10 heteroatoms. The Bertz CT molecular complexity index is 1510. The van der Waals surface area contributed by atoms with Gasteiger partial charge in [-0.3, -0.25) is 14.5 Å². The number of anilines is 1. The lowest BCUT2D eigenvalue weighted by Gasteiger charge is -2.30. The van der Waals surface area contributed by atoms with Crippen molar-refractivity contribution in [2.45, 2.75) is 33.0 Å². The van der Waals surface area contributed by atoms with E-state index in [0.29, 0.717) is 37.3 Å². The molecule has 186 valence electrons. The van der Waals surface area contributed by atoms with Gasteiger partial charge in [-0.25, -0.2) is 4.39 Å². The van der Waals surface area contributed by atoms with Crippen LogP contribution >= 0.6 is 11.6 Å². The predicted octanol–water partition coefficient (Wildman–Crippen LogP) is 4.13. The van der Waals surface area contributed by atoms with E-state index in [-0.39, 0.29) is 21.8 Å². The maximum atomic E-state index is 13.5. The van der Waals surface area contributed by atoms with Gasteiger partial charge in [0.15, 0.2) is 5.65 Å². The molecular formula is C26H25ClFN5O3. The second kappa shape index (κ2) is 9.75. The Labute approximate surface area is 211 Å². The van der Waals surface area contributed by atoms with E-state index >= 15 is 0 Å². The van der Waals surface area contributed by atoms with Crippen molar-refractivity contribution in [3.8, 4) is 5.75 Å². The summed E-state index contributed by atoms with van der Waals surface area (Å²) in [6.45, 7) is 4.50. The number of aryl methyl sites for hydroxylation is 1. The quantitative estimate of drug-likeness (QED) is 0.423. The summed E-state index contributed by atoms with van der Waals surface area (Å²) in [7, 11) is 1.64. The molecule has 36 heavy (non-hydrogen) atoms. The summed E-state index contributed by atoms with van der Waals surface area (Å²) in [5, 5.41) is 7.05. The van der Waals surface area contributed by atoms with Gasteiger partial charge in [-0.1, -0.05) is 23.7 Å². The van der Waals surface area contributed by atoms with Crippen LogP contribution in [0.1, 0.15) is 34.1 Å². The lowest BCUT2D eigenvalue weighted by Crippen LogP contribution is -2.38. The number of halogens is 2. The number of carbonyl (C=O) groups is 1. The molecule has 1 aliphatic heterocycles. The average Bonchev–Trinajstić information content (AvgIpc) is 3.32. The second-order valence-corrected chi connectivity index (χ2v) is 9.06. The van der Waals surface area contributed by atoms with Gasteiger partial charge in [0.1, 0.15) is 17.1 Å². The van der Waals surface area contributed by atoms with Crippen molar-refractivity contribution < 1.29 is 13.9 Å². The van der Waals surface area contributed by atoms with Crippen LogP contribution in [0.2, 0.25) is 5.02 Å². The minimum Gasteiger partial charge on any atom is -0.497 e. The van der Waals surface area contributed by atoms with E-state index in [4.69, 9.17) is 16.3 Å². The summed E-state index contributed by atoms with van der Waals surface area (Å²) in [6.07, 6.45) is 2.05. The molecule has 3 heterocycles. The van der Waals surface area contributed by atoms with Crippen LogP contribution in [0, 0.1) is 5.82 Å². The zero-order valence-electron chi connectivity index (χ0n) is 19.9. The van der Waals surface area contributed by atoms with Gasteiger partial charge in [0, 0.05) is 38.3 Å². The molecule has 1 aliphatic rings. The van der Waals surface area contributed by atoms with Crippen LogP contribution in [0.5, 0.6) is 5.75 Å². The molecule has 1 amide bonds. The highest BCUT2D eigenvalue weighted by atomic mass is 35.5. The first-order valence-electron chi connectivity index (χ1n) is 11.6. The summed E-state index contributed by atoms with van der Waals surface area (Å²) in [6, 6.07) is 11.6. The smallest absolute Gasteiger partial charge is 0.279 e. The van der Waals surface area contributed by atoms with Crippen molar-refractivity contribution in [3.63, 3.8) is 0 Å². The summed E-state index contributed by atoms with van der Waals surface area (Å²) in [5.74, 6) is -0.172. The first-order valence-corrected chi connectivity index (χ1v) is 12.0. The van der Waals surface area contributed by atoms with Crippen molar-refractivity contribution in [2.24, 2.45) is 0 Å². The van der Waals surface area contributed by atoms with Gasteiger partial charge in [0.2, 0.25) is 0 Å². The predicted molar refractivity (Wildman–Crippen MR) is 135 cm³/mol. The van der Waals surface area contributed by atoms with E-state index in [1.54, 1.807) is 7.11 Å². The lowest BCUT2D eigenvalue weighted by molar-refractivity contribution is 0.102. The number of rotatable bonds is 6. The number of ether oxygens (including phenoxy) is 1. The molecule has 2 aromatic heterocycles. The van der Waals surface area contributed by atoms with Gasteiger partial charge >= 0.3 is 0 Å². The summed E-state index contributed by atoms with van der Waals surface area (Å²) < 4.78 is 21.9. The van der Waals surface area contributed by atoms with Gasteiger partial charge in [-0.15, -0.1) is 0 Å². The molecule has 0 saturated carbocycles. The highest BCUT2D eigenvalue weighted by Crippen LogP contribution is 2.25. The highest BCUT2D eigenvalue weighted by molar-refractivity contribution is 6.34. The fraction of sp³-hybridized carbons (Fsp3) is 0.269. The zero-order chi connectivity index (χ0) is 25.4. The first-order chi connectivity index (χ1) is 17.4. The van der Waals surface area contributed by atoms with Crippen molar-refractivity contribution in [1.29, 1.82) is 0 Å². The number of hydrogen-bond donors (Lipinski definition) is 1. The number of nitrogens with one attached hydrogen (secondary N) is 1. The molecule has 0 fully saturated rings. The average molecular weight is 510 g/mol. The molecule has 8 nitrogen and oxygen atoms in total. The van der Waals surface area contributed by atoms with Crippen LogP contribution in [0.25, 0.3) is 5.65 Å². The number of fused-ring (bicyclic) bond motifs is 2. The molecule has 2 aromatic carbocycles. The van der Waals surface area contributed by atoms with Gasteiger partial charge in [-0.05, 0) is 42.8 Å². The molecule has 4 aromatic rings. The molecule has 0 unspecified atom stereocenters. The van der Waals surface area contributed by atoms with Gasteiger partial charge in [0.25, 0.3) is 11.5 Å². The number of benzene rings is 2. The third-order valence-electron chi connectivity index (χ3n) is 6.48. The van der Waals surface area contributed by atoms with E-state index in [0.717, 1.165) is 29.6 Å². The molecule has 0 aliphatic carbocycles. The van der Waals surface area contributed by atoms with Crippen LogP contribution in [0.3, 0.4) is 0 Å². The van der Waals surface area contributed by atoms with E-state index < -0.39 is 11.7 Å². The van der Waals surface area contributed by atoms with Gasteiger partial charge < -0.3 is 14.6 Å². The van der Waals surface area contributed by atoms with Crippen LogP contribution in [0.15, 0.2) is 53.5 Å². The molecule has 0 saturated heterocycles. The standard InChI is InChI=1S/C26H25ClFN5O3/c1-3-32-23-10-11-31(14-16-4-7-18(36-2)8-5-16)15-20(23)26(35)33-25(32)19(13-29-33)24(34)30-22-9-6-17(28)12-21(22)27/h4-9,12-13H,3,10-11,14-15H2,1-2H3,(H,30,34). The minimum absolute atomic E-state index is 0.0852. The normalized spacial score (nSPS) is 13.6. The van der Waals surface area contributed by atoms with E-state index in [1.807, 2.05) is 35.8 Å². The molecule has 1 N–H and O–H groups in total. The molecular weight excluding hydrogens is 485 g/mol. The SMILES string of the molecule is CCn1c2c(c(=O)n3ncc(C(=O)Nc4ccc(F)cc4Cl)c13)CN(Cc1ccc(OC)cc1)CC2. The Morgan fingerprint density at radius 3 is 2.69 bits per heavy atom. The maximum absolute atomic E-state index is 13.5. The summed E-state index contributed by atoms with van der Waals surface area (Å²) in [4.78, 5) is 28.8. The minimum atomic E-state index is -0.499. The Kier molecular flexibility index (Phi) is 6.51. The number of aromatic nitrogens is 3. The Balaban J connectivity index is 1.47. The summed E-state index contributed by atoms with van der Waals surface area (Å²) in [5.41, 5.74) is 3.45.